The molecule has 0 heterocycles. The minimum absolute atomic E-state index is 0.00663. The maximum absolute atomic E-state index is 10.6. The summed E-state index contributed by atoms with van der Waals surface area (Å²) >= 11 is 0. The molecule has 1 aromatic rings. The molecule has 0 bridgehead atoms. The van der Waals surface area contributed by atoms with Crippen molar-refractivity contribution in [2.75, 3.05) is 0 Å². The first kappa shape index (κ1) is 11.7. The van der Waals surface area contributed by atoms with Crippen LogP contribution in [-0.2, 0) is 0 Å². The second kappa shape index (κ2) is 4.94. The lowest BCUT2D eigenvalue weighted by Crippen LogP contribution is -2.13. The van der Waals surface area contributed by atoms with E-state index in [9.17, 15) is 4.79 Å². The van der Waals surface area contributed by atoms with Gasteiger partial charge in [-0.1, -0.05) is 26.0 Å². The van der Waals surface area contributed by atoms with E-state index in [1.807, 2.05) is 0 Å². The highest BCUT2D eigenvalue weighted by molar-refractivity contribution is 5.87. The van der Waals surface area contributed by atoms with Gasteiger partial charge in [0.25, 0.3) is 0 Å². The normalized spacial score (nSPS) is 12.8. The summed E-state index contributed by atoms with van der Waals surface area (Å²) in [5, 5.41) is 8.73. The number of hydrogen-bond donors (Lipinski definition) is 2. The first-order valence-corrected chi connectivity index (χ1v) is 5.09. The van der Waals surface area contributed by atoms with Crippen molar-refractivity contribution >= 4 is 5.97 Å². The molecule has 0 aliphatic heterocycles. The molecule has 0 aromatic heterocycles. The second-order valence-corrected chi connectivity index (χ2v) is 4.16. The van der Waals surface area contributed by atoms with Crippen LogP contribution in [0.1, 0.15) is 42.2 Å². The van der Waals surface area contributed by atoms with Crippen LogP contribution in [0.4, 0.5) is 0 Å². The molecule has 3 heteroatoms. The molecule has 0 aliphatic rings. The van der Waals surface area contributed by atoms with Crippen LogP contribution in [0.25, 0.3) is 0 Å². The summed E-state index contributed by atoms with van der Waals surface area (Å²) in [6.45, 7) is 4.23. The van der Waals surface area contributed by atoms with Crippen molar-refractivity contribution in [2.45, 2.75) is 26.3 Å². The first-order valence-electron chi connectivity index (χ1n) is 5.09. The molecule has 1 aromatic carbocycles. The minimum atomic E-state index is -0.904. The van der Waals surface area contributed by atoms with Gasteiger partial charge in [-0.25, -0.2) is 4.79 Å². The van der Waals surface area contributed by atoms with Crippen molar-refractivity contribution in [3.05, 3.63) is 35.4 Å². The van der Waals surface area contributed by atoms with Crippen LogP contribution in [0.15, 0.2) is 24.3 Å². The molecule has 0 spiro atoms. The first-order chi connectivity index (χ1) is 7.00. The summed E-state index contributed by atoms with van der Waals surface area (Å²) in [5.74, 6) is -0.363. The van der Waals surface area contributed by atoms with Crippen molar-refractivity contribution < 1.29 is 9.90 Å². The molecule has 3 nitrogen and oxygen atoms in total. The fraction of sp³-hybridized carbons (Fsp3) is 0.417. The third-order valence-corrected chi connectivity index (χ3v) is 2.31. The van der Waals surface area contributed by atoms with Gasteiger partial charge in [-0.2, -0.15) is 0 Å². The Morgan fingerprint density at radius 2 is 1.87 bits per heavy atom. The van der Waals surface area contributed by atoms with Crippen LogP contribution < -0.4 is 5.73 Å². The lowest BCUT2D eigenvalue weighted by atomic mass is 9.97. The monoisotopic (exact) mass is 207 g/mol. The zero-order valence-electron chi connectivity index (χ0n) is 9.10. The highest BCUT2D eigenvalue weighted by Gasteiger charge is 2.09. The molecule has 0 saturated carbocycles. The molecule has 0 amide bonds. The predicted molar refractivity (Wildman–Crippen MR) is 59.8 cm³/mol. The summed E-state index contributed by atoms with van der Waals surface area (Å²) < 4.78 is 0. The van der Waals surface area contributed by atoms with E-state index < -0.39 is 5.97 Å². The number of benzene rings is 1. The van der Waals surface area contributed by atoms with E-state index in [1.165, 1.54) is 0 Å². The Balaban J connectivity index is 2.75. The Hall–Kier alpha value is -1.35. The standard InChI is InChI=1S/C12H17NO2/c1-8(2)7-11(13)9-3-5-10(6-4-9)12(14)15/h3-6,8,11H,7,13H2,1-2H3,(H,14,15)/t11-/m0/s1. The highest BCUT2D eigenvalue weighted by Crippen LogP contribution is 2.18. The minimum Gasteiger partial charge on any atom is -0.478 e. The molecule has 0 fully saturated rings. The number of carboxylic acid groups (broad SMARTS) is 1. The zero-order chi connectivity index (χ0) is 11.4. The van der Waals surface area contributed by atoms with Crippen molar-refractivity contribution in [1.29, 1.82) is 0 Å². The lowest BCUT2D eigenvalue weighted by Gasteiger charge is -2.14. The Bertz CT molecular complexity index is 330. The van der Waals surface area contributed by atoms with Gasteiger partial charge in [-0.05, 0) is 30.0 Å². The Morgan fingerprint density at radius 3 is 2.27 bits per heavy atom. The van der Waals surface area contributed by atoms with Gasteiger partial charge in [0.05, 0.1) is 5.56 Å². The third kappa shape index (κ3) is 3.36. The maximum atomic E-state index is 10.6. The Morgan fingerprint density at radius 1 is 1.33 bits per heavy atom. The van der Waals surface area contributed by atoms with Crippen molar-refractivity contribution in [3.8, 4) is 0 Å². The maximum Gasteiger partial charge on any atom is 0.335 e. The number of nitrogens with two attached hydrogens (primary N) is 1. The van der Waals surface area contributed by atoms with E-state index >= 15 is 0 Å². The van der Waals surface area contributed by atoms with E-state index in [4.69, 9.17) is 10.8 Å². The van der Waals surface area contributed by atoms with Crippen molar-refractivity contribution in [2.24, 2.45) is 11.7 Å². The number of aromatic carboxylic acids is 1. The number of carboxylic acids is 1. The number of hydrogen-bond acceptors (Lipinski definition) is 2. The summed E-state index contributed by atoms with van der Waals surface area (Å²) in [4.78, 5) is 10.6. The molecule has 0 aliphatic carbocycles. The average Bonchev–Trinajstić information content (AvgIpc) is 2.17. The topological polar surface area (TPSA) is 63.3 Å². The summed E-state index contributed by atoms with van der Waals surface area (Å²) in [6.07, 6.45) is 0.909. The van der Waals surface area contributed by atoms with Crippen LogP contribution in [0.3, 0.4) is 0 Å². The van der Waals surface area contributed by atoms with E-state index in [2.05, 4.69) is 13.8 Å². The quantitative estimate of drug-likeness (QED) is 0.797. The lowest BCUT2D eigenvalue weighted by molar-refractivity contribution is 0.0697. The van der Waals surface area contributed by atoms with Crippen LogP contribution in [0.5, 0.6) is 0 Å². The molecule has 82 valence electrons. The van der Waals surface area contributed by atoms with Gasteiger partial charge in [-0.15, -0.1) is 0 Å². The van der Waals surface area contributed by atoms with Crippen molar-refractivity contribution in [1.82, 2.24) is 0 Å². The van der Waals surface area contributed by atoms with Gasteiger partial charge in [0.1, 0.15) is 0 Å². The molecule has 0 saturated heterocycles. The van der Waals surface area contributed by atoms with Gasteiger partial charge in [-0.3, -0.25) is 0 Å². The molecular weight excluding hydrogens is 190 g/mol. The van der Waals surface area contributed by atoms with Gasteiger partial charge in [0.2, 0.25) is 0 Å². The molecular formula is C12H17NO2. The smallest absolute Gasteiger partial charge is 0.335 e. The molecule has 1 atom stereocenters. The highest BCUT2D eigenvalue weighted by atomic mass is 16.4. The van der Waals surface area contributed by atoms with E-state index in [0.717, 1.165) is 12.0 Å². The van der Waals surface area contributed by atoms with Gasteiger partial charge >= 0.3 is 5.97 Å². The van der Waals surface area contributed by atoms with E-state index in [-0.39, 0.29) is 6.04 Å². The zero-order valence-corrected chi connectivity index (χ0v) is 9.10. The third-order valence-electron chi connectivity index (χ3n) is 2.31. The van der Waals surface area contributed by atoms with E-state index in [0.29, 0.717) is 11.5 Å². The van der Waals surface area contributed by atoms with Crippen LogP contribution in [0, 0.1) is 5.92 Å². The molecule has 15 heavy (non-hydrogen) atoms. The summed E-state index contributed by atoms with van der Waals surface area (Å²) in [6, 6.07) is 6.76. The SMILES string of the molecule is CC(C)C[C@H](N)c1ccc(C(=O)O)cc1. The summed E-state index contributed by atoms with van der Waals surface area (Å²) in [5.41, 5.74) is 7.27. The van der Waals surface area contributed by atoms with Gasteiger partial charge < -0.3 is 10.8 Å². The Labute approximate surface area is 89.9 Å². The fourth-order valence-electron chi connectivity index (χ4n) is 1.52. The number of carbonyl (C=O) groups is 1. The average molecular weight is 207 g/mol. The van der Waals surface area contributed by atoms with Crippen molar-refractivity contribution in [3.63, 3.8) is 0 Å². The molecule has 3 N–H and O–H groups in total. The predicted octanol–water partition coefficient (Wildman–Crippen LogP) is 2.43. The second-order valence-electron chi connectivity index (χ2n) is 4.16. The molecule has 1 rings (SSSR count). The Kier molecular flexibility index (Phi) is 3.86. The van der Waals surface area contributed by atoms with Crippen LogP contribution >= 0.6 is 0 Å². The summed E-state index contributed by atoms with van der Waals surface area (Å²) in [7, 11) is 0. The van der Waals surface area contributed by atoms with E-state index in [1.54, 1.807) is 24.3 Å². The number of rotatable bonds is 4. The van der Waals surface area contributed by atoms with Crippen LogP contribution in [0.2, 0.25) is 0 Å². The fourth-order valence-corrected chi connectivity index (χ4v) is 1.52. The molecule has 0 radical (unpaired) electrons. The van der Waals surface area contributed by atoms with Gasteiger partial charge in [0, 0.05) is 6.04 Å². The molecule has 0 unspecified atom stereocenters. The van der Waals surface area contributed by atoms with Crippen LogP contribution in [-0.4, -0.2) is 11.1 Å². The van der Waals surface area contributed by atoms with Gasteiger partial charge in [0.15, 0.2) is 0 Å². The largest absolute Gasteiger partial charge is 0.478 e.